The van der Waals surface area contributed by atoms with Gasteiger partial charge in [-0.15, -0.1) is 0 Å². The molecule has 6 heteroatoms. The van der Waals surface area contributed by atoms with E-state index in [-0.39, 0.29) is 30.1 Å². The normalized spacial score (nSPS) is 14.2. The van der Waals surface area contributed by atoms with Crippen LogP contribution in [0.5, 0.6) is 0 Å². The molecule has 0 aromatic heterocycles. The van der Waals surface area contributed by atoms with Crippen LogP contribution >= 0.6 is 0 Å². The summed E-state index contributed by atoms with van der Waals surface area (Å²) in [7, 11) is 0. The molecule has 3 amide bonds. The van der Waals surface area contributed by atoms with Crippen molar-refractivity contribution in [2.75, 3.05) is 17.2 Å². The molecule has 130 valence electrons. The van der Waals surface area contributed by atoms with E-state index in [1.807, 2.05) is 6.92 Å². The van der Waals surface area contributed by atoms with Gasteiger partial charge >= 0.3 is 0 Å². The zero-order valence-electron chi connectivity index (χ0n) is 14.3. The molecule has 24 heavy (non-hydrogen) atoms. The minimum atomic E-state index is -0.145. The molecule has 6 nitrogen and oxygen atoms in total. The summed E-state index contributed by atoms with van der Waals surface area (Å²) < 4.78 is 0. The first-order valence-corrected chi connectivity index (χ1v) is 8.41. The molecule has 1 fully saturated rings. The highest BCUT2D eigenvalue weighted by atomic mass is 16.2. The molecule has 0 bridgehead atoms. The number of carbonyl (C=O) groups excluding carboxylic acids is 3. The summed E-state index contributed by atoms with van der Waals surface area (Å²) in [4.78, 5) is 34.9. The van der Waals surface area contributed by atoms with Gasteiger partial charge in [-0.1, -0.05) is 12.8 Å². The summed E-state index contributed by atoms with van der Waals surface area (Å²) in [5, 5.41) is 8.37. The minimum Gasteiger partial charge on any atom is -0.355 e. The van der Waals surface area contributed by atoms with E-state index < -0.39 is 0 Å². The third kappa shape index (κ3) is 5.37. The lowest BCUT2D eigenvalue weighted by atomic mass is 10.1. The quantitative estimate of drug-likeness (QED) is 0.749. The van der Waals surface area contributed by atoms with Crippen molar-refractivity contribution >= 4 is 29.1 Å². The summed E-state index contributed by atoms with van der Waals surface area (Å²) in [5.41, 5.74) is 2.27. The zero-order chi connectivity index (χ0) is 17.5. The van der Waals surface area contributed by atoms with Crippen molar-refractivity contribution < 1.29 is 14.4 Å². The highest BCUT2D eigenvalue weighted by Crippen LogP contribution is 2.24. The smallest absolute Gasteiger partial charge is 0.226 e. The summed E-state index contributed by atoms with van der Waals surface area (Å²) in [6.07, 6.45) is 4.39. The summed E-state index contributed by atoms with van der Waals surface area (Å²) in [6, 6.07) is 5.31. The molecule has 1 aliphatic rings. The number of rotatable bonds is 6. The maximum atomic E-state index is 12.0. The van der Waals surface area contributed by atoms with E-state index in [9.17, 15) is 14.4 Å². The van der Waals surface area contributed by atoms with Gasteiger partial charge in [0.2, 0.25) is 17.7 Å². The van der Waals surface area contributed by atoms with E-state index in [0.717, 1.165) is 36.9 Å². The van der Waals surface area contributed by atoms with Gasteiger partial charge in [-0.3, -0.25) is 14.4 Å². The van der Waals surface area contributed by atoms with Crippen molar-refractivity contribution in [3.63, 3.8) is 0 Å². The summed E-state index contributed by atoms with van der Waals surface area (Å²) >= 11 is 0. The van der Waals surface area contributed by atoms with Crippen LogP contribution in [-0.2, 0) is 14.4 Å². The number of hydrogen-bond acceptors (Lipinski definition) is 3. The van der Waals surface area contributed by atoms with Crippen molar-refractivity contribution in [2.45, 2.75) is 46.0 Å². The highest BCUT2D eigenvalue weighted by Gasteiger charge is 2.22. The largest absolute Gasteiger partial charge is 0.355 e. The molecular weight excluding hydrogens is 306 g/mol. The van der Waals surface area contributed by atoms with E-state index >= 15 is 0 Å². The second-order valence-electron chi connectivity index (χ2n) is 6.28. The average molecular weight is 331 g/mol. The van der Waals surface area contributed by atoms with E-state index in [1.165, 1.54) is 6.92 Å². The Hall–Kier alpha value is -2.37. The molecule has 3 N–H and O–H groups in total. The fourth-order valence-corrected chi connectivity index (χ4v) is 2.93. The van der Waals surface area contributed by atoms with Crippen LogP contribution in [0.3, 0.4) is 0 Å². The molecule has 0 saturated heterocycles. The number of anilines is 2. The van der Waals surface area contributed by atoms with Crippen LogP contribution in [0.25, 0.3) is 0 Å². The van der Waals surface area contributed by atoms with Gasteiger partial charge in [0.1, 0.15) is 0 Å². The molecule has 0 aliphatic heterocycles. The number of amides is 3. The standard InChI is InChI=1S/C18H25N3O3/c1-12-11-15(7-8-16(12)20-13(2)22)21-17(23)9-10-19-18(24)14-5-3-4-6-14/h7-8,11,14H,3-6,9-10H2,1-2H3,(H,19,24)(H,20,22)(H,21,23). The van der Waals surface area contributed by atoms with Gasteiger partial charge in [0.15, 0.2) is 0 Å². The predicted octanol–water partition coefficient (Wildman–Crippen LogP) is 2.59. The minimum absolute atomic E-state index is 0.0656. The Morgan fingerprint density at radius 2 is 1.83 bits per heavy atom. The van der Waals surface area contributed by atoms with E-state index in [0.29, 0.717) is 12.2 Å². The van der Waals surface area contributed by atoms with Gasteiger partial charge in [-0.25, -0.2) is 0 Å². The van der Waals surface area contributed by atoms with Gasteiger partial charge in [0, 0.05) is 37.2 Å². The molecule has 1 aromatic rings. The van der Waals surface area contributed by atoms with Gasteiger partial charge in [-0.2, -0.15) is 0 Å². The number of benzene rings is 1. The van der Waals surface area contributed by atoms with Gasteiger partial charge in [0.25, 0.3) is 0 Å². The predicted molar refractivity (Wildman–Crippen MR) is 93.7 cm³/mol. The Bertz CT molecular complexity index is 622. The van der Waals surface area contributed by atoms with Crippen LogP contribution in [0.2, 0.25) is 0 Å². The molecule has 1 saturated carbocycles. The van der Waals surface area contributed by atoms with Crippen molar-refractivity contribution in [1.82, 2.24) is 5.32 Å². The van der Waals surface area contributed by atoms with Gasteiger partial charge in [0.05, 0.1) is 0 Å². The second kappa shape index (κ2) is 8.47. The molecule has 0 spiro atoms. The van der Waals surface area contributed by atoms with Gasteiger partial charge in [-0.05, 0) is 43.5 Å². The first-order valence-electron chi connectivity index (χ1n) is 8.41. The lowest BCUT2D eigenvalue weighted by molar-refractivity contribution is -0.125. The second-order valence-corrected chi connectivity index (χ2v) is 6.28. The van der Waals surface area contributed by atoms with Crippen molar-refractivity contribution in [3.8, 4) is 0 Å². The Labute approximate surface area is 142 Å². The van der Waals surface area contributed by atoms with Crippen LogP contribution in [0.15, 0.2) is 18.2 Å². The summed E-state index contributed by atoms with van der Waals surface area (Å²) in [6.45, 7) is 3.67. The number of aryl methyl sites for hydroxylation is 1. The SMILES string of the molecule is CC(=O)Nc1ccc(NC(=O)CCNC(=O)C2CCCC2)cc1C. The Balaban J connectivity index is 1.76. The summed E-state index contributed by atoms with van der Waals surface area (Å²) in [5.74, 6) is -0.0888. The molecule has 0 unspecified atom stereocenters. The average Bonchev–Trinajstić information content (AvgIpc) is 3.04. The lowest BCUT2D eigenvalue weighted by Gasteiger charge is -2.12. The van der Waals surface area contributed by atoms with E-state index in [1.54, 1.807) is 18.2 Å². The first-order chi connectivity index (χ1) is 11.5. The fraction of sp³-hybridized carbons (Fsp3) is 0.500. The molecular formula is C18H25N3O3. The molecule has 1 aromatic carbocycles. The van der Waals surface area contributed by atoms with Crippen LogP contribution in [0.1, 0.15) is 44.6 Å². The maximum absolute atomic E-state index is 12.0. The maximum Gasteiger partial charge on any atom is 0.226 e. The third-order valence-corrected chi connectivity index (χ3v) is 4.20. The van der Waals surface area contributed by atoms with Crippen LogP contribution < -0.4 is 16.0 Å². The van der Waals surface area contributed by atoms with Crippen LogP contribution in [-0.4, -0.2) is 24.3 Å². The molecule has 0 radical (unpaired) electrons. The Morgan fingerprint density at radius 1 is 1.12 bits per heavy atom. The molecule has 1 aliphatic carbocycles. The Morgan fingerprint density at radius 3 is 2.46 bits per heavy atom. The van der Waals surface area contributed by atoms with Crippen molar-refractivity contribution in [2.24, 2.45) is 5.92 Å². The fourth-order valence-electron chi connectivity index (χ4n) is 2.93. The molecule has 2 rings (SSSR count). The third-order valence-electron chi connectivity index (χ3n) is 4.20. The highest BCUT2D eigenvalue weighted by molar-refractivity contribution is 5.93. The monoisotopic (exact) mass is 331 g/mol. The van der Waals surface area contributed by atoms with Crippen LogP contribution in [0.4, 0.5) is 11.4 Å². The number of nitrogens with one attached hydrogen (secondary N) is 3. The van der Waals surface area contributed by atoms with Gasteiger partial charge < -0.3 is 16.0 Å². The molecule has 0 heterocycles. The zero-order valence-corrected chi connectivity index (χ0v) is 14.3. The number of hydrogen-bond donors (Lipinski definition) is 3. The lowest BCUT2D eigenvalue weighted by Crippen LogP contribution is -2.32. The topological polar surface area (TPSA) is 87.3 Å². The van der Waals surface area contributed by atoms with E-state index in [4.69, 9.17) is 0 Å². The van der Waals surface area contributed by atoms with Crippen LogP contribution in [0, 0.1) is 12.8 Å². The van der Waals surface area contributed by atoms with E-state index in [2.05, 4.69) is 16.0 Å². The van der Waals surface area contributed by atoms with Crippen molar-refractivity contribution in [3.05, 3.63) is 23.8 Å². The first kappa shape index (κ1) is 18.0. The molecule has 0 atom stereocenters. The van der Waals surface area contributed by atoms with Crippen molar-refractivity contribution in [1.29, 1.82) is 0 Å². The Kier molecular flexibility index (Phi) is 6.35. The number of carbonyl (C=O) groups is 3.